The molecule has 2 heteroatoms. The summed E-state index contributed by atoms with van der Waals surface area (Å²) in [7, 11) is 0. The van der Waals surface area contributed by atoms with Gasteiger partial charge in [0.15, 0.2) is 0 Å². The normalized spacial score (nSPS) is 23.8. The van der Waals surface area contributed by atoms with Crippen LogP contribution in [-0.4, -0.2) is 12.6 Å². The molecule has 1 atom stereocenters. The van der Waals surface area contributed by atoms with E-state index in [-0.39, 0.29) is 0 Å². The molecule has 0 spiro atoms. The van der Waals surface area contributed by atoms with E-state index in [4.69, 9.17) is 4.74 Å². The van der Waals surface area contributed by atoms with E-state index < -0.39 is 0 Å². The number of hydrogen-bond acceptors (Lipinski definition) is 2. The van der Waals surface area contributed by atoms with Crippen molar-refractivity contribution in [3.8, 4) is 5.75 Å². The van der Waals surface area contributed by atoms with Crippen LogP contribution in [0.5, 0.6) is 5.75 Å². The van der Waals surface area contributed by atoms with Crippen molar-refractivity contribution in [1.82, 2.24) is 5.32 Å². The SMILES string of the molecule is Cc1cc2c(cc1C)[C@H](NC1CC1)CCCO2. The molecule has 0 amide bonds. The van der Waals surface area contributed by atoms with Gasteiger partial charge in [-0.2, -0.15) is 0 Å². The second-order valence-electron chi connectivity index (χ2n) is 5.46. The summed E-state index contributed by atoms with van der Waals surface area (Å²) in [6.07, 6.45) is 5.04. The Bertz CT molecular complexity index is 423. The molecule has 1 aromatic rings. The van der Waals surface area contributed by atoms with E-state index in [0.29, 0.717) is 6.04 Å². The zero-order valence-corrected chi connectivity index (χ0v) is 10.8. The number of nitrogens with one attached hydrogen (secondary N) is 1. The predicted octanol–water partition coefficient (Wildman–Crippen LogP) is 3.27. The van der Waals surface area contributed by atoms with Gasteiger partial charge in [-0.05, 0) is 56.7 Å². The highest BCUT2D eigenvalue weighted by Gasteiger charge is 2.28. The standard InChI is InChI=1S/C15H21NO/c1-10-8-13-14(16-12-5-6-12)4-3-7-17-15(13)9-11(10)2/h8-9,12,14,16H,3-7H2,1-2H3/t14-/m1/s1. The largest absolute Gasteiger partial charge is 0.493 e. The molecule has 3 rings (SSSR count). The molecule has 0 unspecified atom stereocenters. The Balaban J connectivity index is 1.94. The maximum atomic E-state index is 5.88. The number of aryl methyl sites for hydroxylation is 2. The lowest BCUT2D eigenvalue weighted by molar-refractivity contribution is 0.315. The first-order valence-electron chi connectivity index (χ1n) is 6.74. The van der Waals surface area contributed by atoms with Gasteiger partial charge in [0.2, 0.25) is 0 Å². The summed E-state index contributed by atoms with van der Waals surface area (Å²) in [5.74, 6) is 1.10. The van der Waals surface area contributed by atoms with Gasteiger partial charge in [0, 0.05) is 17.6 Å². The molecular weight excluding hydrogens is 210 g/mol. The van der Waals surface area contributed by atoms with Crippen LogP contribution < -0.4 is 10.1 Å². The van der Waals surface area contributed by atoms with Crippen LogP contribution >= 0.6 is 0 Å². The first kappa shape index (κ1) is 11.1. The number of ether oxygens (including phenoxy) is 1. The van der Waals surface area contributed by atoms with Gasteiger partial charge in [0.1, 0.15) is 5.75 Å². The molecule has 2 nitrogen and oxygen atoms in total. The Morgan fingerprint density at radius 1 is 1.12 bits per heavy atom. The average molecular weight is 231 g/mol. The van der Waals surface area contributed by atoms with Crippen molar-refractivity contribution in [1.29, 1.82) is 0 Å². The molecule has 1 aliphatic heterocycles. The van der Waals surface area contributed by atoms with E-state index in [1.54, 1.807) is 0 Å². The second-order valence-corrected chi connectivity index (χ2v) is 5.46. The highest BCUT2D eigenvalue weighted by Crippen LogP contribution is 2.35. The lowest BCUT2D eigenvalue weighted by Crippen LogP contribution is -2.23. The Kier molecular flexibility index (Phi) is 2.83. The Hall–Kier alpha value is -1.02. The zero-order valence-electron chi connectivity index (χ0n) is 10.8. The maximum Gasteiger partial charge on any atom is 0.124 e. The van der Waals surface area contributed by atoms with Crippen molar-refractivity contribution in [3.05, 3.63) is 28.8 Å². The van der Waals surface area contributed by atoms with Gasteiger partial charge < -0.3 is 10.1 Å². The van der Waals surface area contributed by atoms with E-state index in [1.165, 1.54) is 36.0 Å². The molecule has 1 aliphatic carbocycles. The lowest BCUT2D eigenvalue weighted by Gasteiger charge is -2.19. The third-order valence-corrected chi connectivity index (χ3v) is 3.91. The second kappa shape index (κ2) is 4.34. The lowest BCUT2D eigenvalue weighted by atomic mass is 9.97. The molecule has 1 saturated carbocycles. The van der Waals surface area contributed by atoms with Crippen molar-refractivity contribution >= 4 is 0 Å². The summed E-state index contributed by atoms with van der Waals surface area (Å²) in [6, 6.07) is 5.78. The molecule has 2 aliphatic rings. The van der Waals surface area contributed by atoms with Crippen LogP contribution in [0.4, 0.5) is 0 Å². The van der Waals surface area contributed by atoms with E-state index in [9.17, 15) is 0 Å². The predicted molar refractivity (Wildman–Crippen MR) is 69.5 cm³/mol. The molecule has 0 bridgehead atoms. The van der Waals surface area contributed by atoms with Crippen molar-refractivity contribution in [2.75, 3.05) is 6.61 Å². The molecule has 1 aromatic carbocycles. The first-order chi connectivity index (χ1) is 8.24. The van der Waals surface area contributed by atoms with Gasteiger partial charge >= 0.3 is 0 Å². The van der Waals surface area contributed by atoms with E-state index in [2.05, 4.69) is 31.3 Å². The number of rotatable bonds is 2. The first-order valence-corrected chi connectivity index (χ1v) is 6.74. The van der Waals surface area contributed by atoms with Crippen LogP contribution in [0, 0.1) is 13.8 Å². The quantitative estimate of drug-likeness (QED) is 0.843. The monoisotopic (exact) mass is 231 g/mol. The number of benzene rings is 1. The fourth-order valence-electron chi connectivity index (χ4n) is 2.54. The summed E-state index contributed by atoms with van der Waals surface area (Å²) in [6.45, 7) is 5.21. The maximum absolute atomic E-state index is 5.88. The van der Waals surface area contributed by atoms with E-state index in [0.717, 1.165) is 24.8 Å². The van der Waals surface area contributed by atoms with Gasteiger partial charge in [-0.1, -0.05) is 6.07 Å². The molecular formula is C15H21NO. The Morgan fingerprint density at radius 3 is 2.65 bits per heavy atom. The smallest absolute Gasteiger partial charge is 0.124 e. The van der Waals surface area contributed by atoms with Gasteiger partial charge in [0.25, 0.3) is 0 Å². The minimum atomic E-state index is 0.499. The molecule has 17 heavy (non-hydrogen) atoms. The fraction of sp³-hybridized carbons (Fsp3) is 0.600. The van der Waals surface area contributed by atoms with Gasteiger partial charge in [-0.3, -0.25) is 0 Å². The van der Waals surface area contributed by atoms with Crippen LogP contribution in [-0.2, 0) is 0 Å². The third-order valence-electron chi connectivity index (χ3n) is 3.91. The van der Waals surface area contributed by atoms with Crippen molar-refractivity contribution < 1.29 is 4.74 Å². The van der Waals surface area contributed by atoms with Gasteiger partial charge in [0.05, 0.1) is 6.61 Å². The third kappa shape index (κ3) is 2.32. The Morgan fingerprint density at radius 2 is 1.88 bits per heavy atom. The molecule has 1 fully saturated rings. The molecule has 0 aromatic heterocycles. The topological polar surface area (TPSA) is 21.3 Å². The molecule has 1 heterocycles. The van der Waals surface area contributed by atoms with Crippen LogP contribution in [0.15, 0.2) is 12.1 Å². The van der Waals surface area contributed by atoms with Crippen molar-refractivity contribution in [2.24, 2.45) is 0 Å². The molecule has 0 radical (unpaired) electrons. The van der Waals surface area contributed by atoms with Crippen LogP contribution in [0.25, 0.3) is 0 Å². The van der Waals surface area contributed by atoms with Gasteiger partial charge in [-0.15, -0.1) is 0 Å². The van der Waals surface area contributed by atoms with Gasteiger partial charge in [-0.25, -0.2) is 0 Å². The Labute approximate surface area is 103 Å². The van der Waals surface area contributed by atoms with Crippen LogP contribution in [0.1, 0.15) is 48.4 Å². The molecule has 92 valence electrons. The van der Waals surface area contributed by atoms with Crippen LogP contribution in [0.3, 0.4) is 0 Å². The number of hydrogen-bond donors (Lipinski definition) is 1. The summed E-state index contributed by atoms with van der Waals surface area (Å²) < 4.78 is 5.88. The van der Waals surface area contributed by atoms with Crippen molar-refractivity contribution in [3.63, 3.8) is 0 Å². The summed E-state index contributed by atoms with van der Waals surface area (Å²) in [5, 5.41) is 3.76. The minimum absolute atomic E-state index is 0.499. The fourth-order valence-corrected chi connectivity index (χ4v) is 2.54. The van der Waals surface area contributed by atoms with Crippen molar-refractivity contribution in [2.45, 2.75) is 51.6 Å². The number of fused-ring (bicyclic) bond motifs is 1. The molecule has 0 saturated heterocycles. The van der Waals surface area contributed by atoms with Crippen LogP contribution in [0.2, 0.25) is 0 Å². The van der Waals surface area contributed by atoms with E-state index >= 15 is 0 Å². The zero-order chi connectivity index (χ0) is 11.8. The highest BCUT2D eigenvalue weighted by molar-refractivity contribution is 5.44. The minimum Gasteiger partial charge on any atom is -0.493 e. The van der Waals surface area contributed by atoms with E-state index in [1.807, 2.05) is 0 Å². The summed E-state index contributed by atoms with van der Waals surface area (Å²) in [4.78, 5) is 0. The highest BCUT2D eigenvalue weighted by atomic mass is 16.5. The summed E-state index contributed by atoms with van der Waals surface area (Å²) >= 11 is 0. The average Bonchev–Trinajstić information content (AvgIpc) is 3.11. The summed E-state index contributed by atoms with van der Waals surface area (Å²) in [5.41, 5.74) is 4.07. The molecule has 1 N–H and O–H groups in total.